The van der Waals surface area contributed by atoms with Gasteiger partial charge in [0.05, 0.1) is 22.2 Å². The van der Waals surface area contributed by atoms with E-state index in [0.717, 1.165) is 35.8 Å². The molecule has 1 aliphatic heterocycles. The van der Waals surface area contributed by atoms with E-state index < -0.39 is 10.0 Å². The fourth-order valence-electron chi connectivity index (χ4n) is 3.85. The van der Waals surface area contributed by atoms with Crippen LogP contribution in [0.15, 0.2) is 78.0 Å². The summed E-state index contributed by atoms with van der Waals surface area (Å²) >= 11 is 0. The maximum absolute atomic E-state index is 13.4. The predicted octanol–water partition coefficient (Wildman–Crippen LogP) is 2.50. The summed E-state index contributed by atoms with van der Waals surface area (Å²) in [7, 11) is -3.95. The van der Waals surface area contributed by atoms with Crippen LogP contribution in [0.25, 0.3) is 11.0 Å². The molecule has 0 unspecified atom stereocenters. The van der Waals surface area contributed by atoms with Crippen molar-refractivity contribution in [1.29, 1.82) is 5.26 Å². The first-order valence-electron chi connectivity index (χ1n) is 10.5. The molecule has 1 fully saturated rings. The first-order valence-corrected chi connectivity index (χ1v) is 11.9. The maximum atomic E-state index is 13.4. The van der Waals surface area contributed by atoms with Gasteiger partial charge in [-0.1, -0.05) is 24.3 Å². The summed E-state index contributed by atoms with van der Waals surface area (Å²) in [4.78, 5) is 9.28. The molecular weight excluding hydrogens is 438 g/mol. The van der Waals surface area contributed by atoms with Crippen LogP contribution in [0.4, 0.5) is 11.6 Å². The zero-order valence-electron chi connectivity index (χ0n) is 17.7. The average Bonchev–Trinajstić information content (AvgIpc) is 3.30. The van der Waals surface area contributed by atoms with Crippen LogP contribution in [0, 0.1) is 11.3 Å². The number of anilines is 2. The zero-order chi connectivity index (χ0) is 22.8. The van der Waals surface area contributed by atoms with Crippen LogP contribution >= 0.6 is 0 Å². The van der Waals surface area contributed by atoms with Crippen molar-refractivity contribution in [2.24, 2.45) is 0 Å². The van der Waals surface area contributed by atoms with Gasteiger partial charge in [-0.3, -0.25) is 0 Å². The number of benzene rings is 2. The minimum atomic E-state index is -3.95. The van der Waals surface area contributed by atoms with Crippen LogP contribution in [0.5, 0.6) is 0 Å². The molecule has 0 aliphatic carbocycles. The SMILES string of the molecule is N#Cc1cccc(S(=O)(=O)n2ccc3cnc(N(c4ccccc4)N4CCNCC4)nc32)c1. The fourth-order valence-corrected chi connectivity index (χ4v) is 5.20. The number of nitrogens with zero attached hydrogens (tertiary/aromatic N) is 6. The molecule has 0 atom stereocenters. The highest BCUT2D eigenvalue weighted by atomic mass is 32.2. The molecule has 2 aromatic carbocycles. The Balaban J connectivity index is 1.63. The Hall–Kier alpha value is -3.78. The van der Waals surface area contributed by atoms with Gasteiger partial charge < -0.3 is 5.32 Å². The number of para-hydroxylation sites is 1. The molecule has 10 heteroatoms. The van der Waals surface area contributed by atoms with Gasteiger partial charge in [0.1, 0.15) is 0 Å². The molecular formula is C23H21N7O2S. The van der Waals surface area contributed by atoms with Crippen molar-refractivity contribution in [3.63, 3.8) is 0 Å². The minimum absolute atomic E-state index is 0.0289. The van der Waals surface area contributed by atoms with E-state index in [4.69, 9.17) is 4.98 Å². The first-order chi connectivity index (χ1) is 16.1. The molecule has 1 aliphatic rings. The molecule has 1 saturated heterocycles. The van der Waals surface area contributed by atoms with Crippen LogP contribution in [0.2, 0.25) is 0 Å². The highest BCUT2D eigenvalue weighted by Crippen LogP contribution is 2.28. The molecule has 2 aromatic heterocycles. The summed E-state index contributed by atoms with van der Waals surface area (Å²) in [5.41, 5.74) is 1.44. The Morgan fingerprint density at radius 2 is 1.82 bits per heavy atom. The van der Waals surface area contributed by atoms with Crippen molar-refractivity contribution in [1.82, 2.24) is 24.3 Å². The van der Waals surface area contributed by atoms with E-state index in [1.165, 1.54) is 18.3 Å². The monoisotopic (exact) mass is 459 g/mol. The number of fused-ring (bicyclic) bond motifs is 1. The van der Waals surface area contributed by atoms with Crippen LogP contribution in [-0.4, -0.2) is 53.5 Å². The number of nitrogens with one attached hydrogen (secondary N) is 1. The molecule has 0 bridgehead atoms. The summed E-state index contributed by atoms with van der Waals surface area (Å²) in [6.45, 7) is 3.17. The third-order valence-corrected chi connectivity index (χ3v) is 7.13. The largest absolute Gasteiger partial charge is 0.314 e. The van der Waals surface area contributed by atoms with Gasteiger partial charge in [0, 0.05) is 44.0 Å². The molecule has 0 amide bonds. The second-order valence-electron chi connectivity index (χ2n) is 7.56. The lowest BCUT2D eigenvalue weighted by Gasteiger charge is -2.37. The average molecular weight is 460 g/mol. The van der Waals surface area contributed by atoms with Crippen molar-refractivity contribution in [2.45, 2.75) is 4.90 Å². The van der Waals surface area contributed by atoms with Crippen molar-refractivity contribution in [3.05, 3.63) is 78.6 Å². The second-order valence-corrected chi connectivity index (χ2v) is 9.37. The lowest BCUT2D eigenvalue weighted by molar-refractivity contribution is 0.240. The highest BCUT2D eigenvalue weighted by Gasteiger charge is 2.25. The van der Waals surface area contributed by atoms with Gasteiger partial charge >= 0.3 is 0 Å². The summed E-state index contributed by atoms with van der Waals surface area (Å²) in [5.74, 6) is 0.386. The van der Waals surface area contributed by atoms with Gasteiger partial charge in [-0.25, -0.2) is 27.4 Å². The van der Waals surface area contributed by atoms with E-state index in [9.17, 15) is 13.7 Å². The molecule has 0 spiro atoms. The van der Waals surface area contributed by atoms with Gasteiger partial charge in [0.25, 0.3) is 10.0 Å². The highest BCUT2D eigenvalue weighted by molar-refractivity contribution is 7.90. The molecule has 0 radical (unpaired) electrons. The van der Waals surface area contributed by atoms with Gasteiger partial charge in [0.15, 0.2) is 5.65 Å². The quantitative estimate of drug-likeness (QED) is 0.485. The topological polar surface area (TPSA) is 107 Å². The number of hydrogen-bond acceptors (Lipinski definition) is 8. The maximum Gasteiger partial charge on any atom is 0.269 e. The minimum Gasteiger partial charge on any atom is -0.314 e. The summed E-state index contributed by atoms with van der Waals surface area (Å²) in [6, 6.07) is 19.4. The third-order valence-electron chi connectivity index (χ3n) is 5.47. The number of nitriles is 1. The molecule has 9 nitrogen and oxygen atoms in total. The van der Waals surface area contributed by atoms with E-state index in [-0.39, 0.29) is 16.1 Å². The normalized spacial score (nSPS) is 14.8. The smallest absolute Gasteiger partial charge is 0.269 e. The number of piperazine rings is 1. The van der Waals surface area contributed by atoms with Gasteiger partial charge in [0.2, 0.25) is 5.95 Å². The fraction of sp³-hybridized carbons (Fsp3) is 0.174. The van der Waals surface area contributed by atoms with E-state index in [1.807, 2.05) is 41.4 Å². The summed E-state index contributed by atoms with van der Waals surface area (Å²) in [6.07, 6.45) is 3.10. The molecule has 1 N–H and O–H groups in total. The van der Waals surface area contributed by atoms with E-state index in [1.54, 1.807) is 24.4 Å². The number of aromatic nitrogens is 3. The van der Waals surface area contributed by atoms with E-state index >= 15 is 0 Å². The summed E-state index contributed by atoms with van der Waals surface area (Å²) < 4.78 is 27.9. The van der Waals surface area contributed by atoms with E-state index in [0.29, 0.717) is 11.3 Å². The number of hydrazine groups is 1. The van der Waals surface area contributed by atoms with E-state index in [2.05, 4.69) is 15.3 Å². The van der Waals surface area contributed by atoms with Crippen LogP contribution in [0.3, 0.4) is 0 Å². The summed E-state index contributed by atoms with van der Waals surface area (Å²) in [5, 5.41) is 17.2. The lowest BCUT2D eigenvalue weighted by atomic mass is 10.2. The van der Waals surface area contributed by atoms with Gasteiger partial charge in [-0.15, -0.1) is 0 Å². The Bertz CT molecular complexity index is 1440. The Labute approximate surface area is 191 Å². The number of rotatable bonds is 5. The van der Waals surface area contributed by atoms with Gasteiger partial charge in [-0.05, 0) is 36.4 Å². The van der Waals surface area contributed by atoms with Crippen molar-refractivity contribution < 1.29 is 8.42 Å². The van der Waals surface area contributed by atoms with Crippen molar-refractivity contribution >= 4 is 32.7 Å². The number of hydrogen-bond donors (Lipinski definition) is 1. The van der Waals surface area contributed by atoms with Crippen molar-refractivity contribution in [3.8, 4) is 6.07 Å². The molecule has 0 saturated carbocycles. The Morgan fingerprint density at radius 3 is 2.58 bits per heavy atom. The molecule has 3 heterocycles. The Kier molecular flexibility index (Phi) is 5.51. The first kappa shape index (κ1) is 21.1. The standard InChI is InChI=1S/C23H21N7O2S/c24-16-18-5-4-8-21(15-18)33(31,32)29-12-9-19-17-26-23(27-22(19)29)30(20-6-2-1-3-7-20)28-13-10-25-11-14-28/h1-9,12,15,17,25H,10-11,13-14H2. The lowest BCUT2D eigenvalue weighted by Crippen LogP contribution is -2.51. The van der Waals surface area contributed by atoms with Crippen LogP contribution in [-0.2, 0) is 10.0 Å². The van der Waals surface area contributed by atoms with Crippen LogP contribution < -0.4 is 10.3 Å². The Morgan fingerprint density at radius 1 is 1.03 bits per heavy atom. The van der Waals surface area contributed by atoms with Crippen LogP contribution in [0.1, 0.15) is 5.56 Å². The third kappa shape index (κ3) is 3.93. The molecule has 5 rings (SSSR count). The van der Waals surface area contributed by atoms with Crippen molar-refractivity contribution in [2.75, 3.05) is 31.2 Å². The molecule has 4 aromatic rings. The molecule has 33 heavy (non-hydrogen) atoms. The second kappa shape index (κ2) is 8.63. The van der Waals surface area contributed by atoms with Gasteiger partial charge in [-0.2, -0.15) is 10.2 Å². The molecule has 166 valence electrons. The zero-order valence-corrected chi connectivity index (χ0v) is 18.5. The predicted molar refractivity (Wildman–Crippen MR) is 124 cm³/mol.